The molecule has 0 aliphatic carbocycles. The summed E-state index contributed by atoms with van der Waals surface area (Å²) in [5.41, 5.74) is 0.770. The lowest BCUT2D eigenvalue weighted by Gasteiger charge is -2.21. The van der Waals surface area contributed by atoms with E-state index >= 15 is 0 Å². The number of nitrogens with one attached hydrogen (secondary N) is 3. The van der Waals surface area contributed by atoms with E-state index in [4.69, 9.17) is 0 Å². The first kappa shape index (κ1) is 14.2. The van der Waals surface area contributed by atoms with E-state index in [9.17, 15) is 9.59 Å². The Labute approximate surface area is 109 Å². The van der Waals surface area contributed by atoms with E-state index in [-0.39, 0.29) is 29.1 Å². The summed E-state index contributed by atoms with van der Waals surface area (Å²) in [6.45, 7) is 2.17. The van der Waals surface area contributed by atoms with Crippen molar-refractivity contribution < 1.29 is 4.79 Å². The Balaban J connectivity index is 0.00000144. The van der Waals surface area contributed by atoms with Crippen LogP contribution in [0.2, 0.25) is 0 Å². The predicted octanol–water partition coefficient (Wildman–Crippen LogP) is 0.474. The molecule has 1 aliphatic rings. The van der Waals surface area contributed by atoms with Gasteiger partial charge < -0.3 is 15.6 Å². The van der Waals surface area contributed by atoms with Gasteiger partial charge in [0.05, 0.1) is 12.5 Å². The Morgan fingerprint density at radius 3 is 3.00 bits per heavy atom. The topological polar surface area (TPSA) is 74.0 Å². The molecule has 17 heavy (non-hydrogen) atoms. The first-order valence-electron chi connectivity index (χ1n) is 5.41. The second-order valence-corrected chi connectivity index (χ2v) is 4.78. The maximum Gasteiger partial charge on any atom is 0.304 e. The van der Waals surface area contributed by atoms with Crippen LogP contribution in [0.4, 0.5) is 0 Å². The lowest BCUT2D eigenvalue weighted by atomic mass is 9.99. The molecule has 0 spiro atoms. The fraction of sp³-hybridized carbons (Fsp3) is 0.600. The largest absolute Gasteiger partial charge is 0.350 e. The summed E-state index contributed by atoms with van der Waals surface area (Å²) in [6.07, 6.45) is 1.99. The van der Waals surface area contributed by atoms with Crippen LogP contribution in [0.25, 0.3) is 0 Å². The average molecular weight is 278 g/mol. The minimum absolute atomic E-state index is 0. The van der Waals surface area contributed by atoms with E-state index < -0.39 is 0 Å². The van der Waals surface area contributed by atoms with Crippen molar-refractivity contribution in [3.05, 3.63) is 20.7 Å². The van der Waals surface area contributed by atoms with Gasteiger partial charge in [-0.1, -0.05) is 11.3 Å². The maximum atomic E-state index is 11.7. The molecule has 2 rings (SSSR count). The summed E-state index contributed by atoms with van der Waals surface area (Å²) in [5, 5.41) is 7.78. The standard InChI is InChI=1S/C10H15N3O2S.ClH/c14-9(7-2-1-3-11-4-7)12-5-8-6-16-10(15)13-8;/h6-7,11H,1-5H2,(H,12,14)(H,13,15);1H/t7-;/m1./s1. The van der Waals surface area contributed by atoms with Crippen molar-refractivity contribution in [1.29, 1.82) is 0 Å². The number of thiazole rings is 1. The molecule has 96 valence electrons. The number of rotatable bonds is 3. The van der Waals surface area contributed by atoms with Crippen LogP contribution in [0.3, 0.4) is 0 Å². The Bertz CT molecular complexity index is 412. The number of amides is 1. The molecule has 7 heteroatoms. The molecule has 5 nitrogen and oxygen atoms in total. The number of H-pyrrole nitrogens is 1. The first-order chi connectivity index (χ1) is 7.75. The molecule has 3 N–H and O–H groups in total. The highest BCUT2D eigenvalue weighted by atomic mass is 35.5. The van der Waals surface area contributed by atoms with Crippen molar-refractivity contribution in [3.8, 4) is 0 Å². The fourth-order valence-corrected chi connectivity index (χ4v) is 2.38. The molecular formula is C10H16ClN3O2S. The van der Waals surface area contributed by atoms with Gasteiger partial charge in [0.1, 0.15) is 0 Å². The molecule has 0 aromatic carbocycles. The number of carbonyl (C=O) groups excluding carboxylic acids is 1. The minimum Gasteiger partial charge on any atom is -0.350 e. The van der Waals surface area contributed by atoms with Gasteiger partial charge in [-0.2, -0.15) is 0 Å². The van der Waals surface area contributed by atoms with E-state index in [1.54, 1.807) is 5.38 Å². The van der Waals surface area contributed by atoms with E-state index in [2.05, 4.69) is 15.6 Å². The van der Waals surface area contributed by atoms with Gasteiger partial charge in [-0.3, -0.25) is 9.59 Å². The SMILES string of the molecule is Cl.O=C(NCc1csc(=O)[nH]1)[C@@H]1CCCNC1. The van der Waals surface area contributed by atoms with Crippen LogP contribution in [-0.2, 0) is 11.3 Å². The zero-order valence-corrected chi connectivity index (χ0v) is 11.0. The zero-order valence-electron chi connectivity index (χ0n) is 9.32. The smallest absolute Gasteiger partial charge is 0.304 e. The van der Waals surface area contributed by atoms with Crippen LogP contribution in [0.5, 0.6) is 0 Å². The van der Waals surface area contributed by atoms with Gasteiger partial charge in [0.2, 0.25) is 5.91 Å². The van der Waals surface area contributed by atoms with E-state index in [1.165, 1.54) is 0 Å². The van der Waals surface area contributed by atoms with Gasteiger partial charge >= 0.3 is 4.87 Å². The molecule has 1 fully saturated rings. The van der Waals surface area contributed by atoms with Gasteiger partial charge in [-0.15, -0.1) is 12.4 Å². The number of aromatic amines is 1. The molecular weight excluding hydrogens is 262 g/mol. The van der Waals surface area contributed by atoms with E-state index in [0.29, 0.717) is 6.54 Å². The minimum atomic E-state index is -0.0800. The number of aromatic nitrogens is 1. The zero-order chi connectivity index (χ0) is 11.4. The fourth-order valence-electron chi connectivity index (χ4n) is 1.80. The second kappa shape index (κ2) is 6.78. The molecule has 1 atom stereocenters. The first-order valence-corrected chi connectivity index (χ1v) is 6.29. The number of piperidine rings is 1. The van der Waals surface area contributed by atoms with Crippen molar-refractivity contribution in [2.45, 2.75) is 19.4 Å². The summed E-state index contributed by atoms with van der Waals surface area (Å²) >= 11 is 1.12. The van der Waals surface area contributed by atoms with Crippen molar-refractivity contribution in [2.75, 3.05) is 13.1 Å². The van der Waals surface area contributed by atoms with Gasteiger partial charge in [-0.25, -0.2) is 0 Å². The van der Waals surface area contributed by atoms with Gasteiger partial charge in [-0.05, 0) is 19.4 Å². The third kappa shape index (κ3) is 4.14. The molecule has 0 saturated carbocycles. The molecule has 1 aromatic heterocycles. The van der Waals surface area contributed by atoms with Crippen LogP contribution in [0, 0.1) is 5.92 Å². The molecule has 0 bridgehead atoms. The van der Waals surface area contributed by atoms with Crippen molar-refractivity contribution in [1.82, 2.24) is 15.6 Å². The van der Waals surface area contributed by atoms with Gasteiger partial charge in [0, 0.05) is 17.6 Å². The Kier molecular flexibility index (Phi) is 5.67. The molecule has 0 unspecified atom stereocenters. The van der Waals surface area contributed by atoms with Crippen LogP contribution < -0.4 is 15.5 Å². The normalized spacial score (nSPS) is 19.4. The predicted molar refractivity (Wildman–Crippen MR) is 69.6 cm³/mol. The third-order valence-electron chi connectivity index (χ3n) is 2.69. The highest BCUT2D eigenvalue weighted by Crippen LogP contribution is 2.09. The summed E-state index contributed by atoms with van der Waals surface area (Å²) in [4.78, 5) is 25.2. The summed E-state index contributed by atoms with van der Waals surface area (Å²) in [6, 6.07) is 0. The number of hydrogen-bond donors (Lipinski definition) is 3. The van der Waals surface area contributed by atoms with Crippen LogP contribution in [0.15, 0.2) is 10.2 Å². The lowest BCUT2D eigenvalue weighted by Crippen LogP contribution is -2.40. The summed E-state index contributed by atoms with van der Waals surface area (Å²) in [7, 11) is 0. The molecule has 1 saturated heterocycles. The van der Waals surface area contributed by atoms with Crippen LogP contribution >= 0.6 is 23.7 Å². The number of carbonyl (C=O) groups is 1. The van der Waals surface area contributed by atoms with Crippen LogP contribution in [-0.4, -0.2) is 24.0 Å². The Morgan fingerprint density at radius 1 is 1.59 bits per heavy atom. The molecule has 2 heterocycles. The van der Waals surface area contributed by atoms with Crippen LogP contribution in [0.1, 0.15) is 18.5 Å². The van der Waals surface area contributed by atoms with Gasteiger partial charge in [0.15, 0.2) is 0 Å². The van der Waals surface area contributed by atoms with E-state index in [0.717, 1.165) is 43.0 Å². The summed E-state index contributed by atoms with van der Waals surface area (Å²) < 4.78 is 0. The average Bonchev–Trinajstić information content (AvgIpc) is 2.73. The highest BCUT2D eigenvalue weighted by molar-refractivity contribution is 7.07. The second-order valence-electron chi connectivity index (χ2n) is 3.93. The van der Waals surface area contributed by atoms with Gasteiger partial charge in [0.25, 0.3) is 0 Å². The number of hydrogen-bond acceptors (Lipinski definition) is 4. The molecule has 1 aliphatic heterocycles. The maximum absolute atomic E-state index is 11.7. The van der Waals surface area contributed by atoms with Crippen molar-refractivity contribution >= 4 is 29.7 Å². The monoisotopic (exact) mass is 277 g/mol. The highest BCUT2D eigenvalue weighted by Gasteiger charge is 2.20. The van der Waals surface area contributed by atoms with Crippen molar-refractivity contribution in [3.63, 3.8) is 0 Å². The Morgan fingerprint density at radius 2 is 2.41 bits per heavy atom. The van der Waals surface area contributed by atoms with E-state index in [1.807, 2.05) is 0 Å². The molecule has 1 amide bonds. The summed E-state index contributed by atoms with van der Waals surface area (Å²) in [5.74, 6) is 0.137. The third-order valence-corrected chi connectivity index (χ3v) is 3.41. The quantitative estimate of drug-likeness (QED) is 0.752. The molecule has 1 aromatic rings. The molecule has 0 radical (unpaired) electrons. The van der Waals surface area contributed by atoms with Crippen molar-refractivity contribution in [2.24, 2.45) is 5.92 Å². The lowest BCUT2D eigenvalue weighted by molar-refractivity contribution is -0.125. The number of halogens is 1. The Hall–Kier alpha value is -0.850.